The van der Waals surface area contributed by atoms with Gasteiger partial charge in [0.2, 0.25) is 5.95 Å². The molecule has 0 aliphatic rings. The normalized spacial score (nSPS) is 11.0. The van der Waals surface area contributed by atoms with E-state index in [-0.39, 0.29) is 0 Å². The highest BCUT2D eigenvalue weighted by atomic mass is 35.5. The van der Waals surface area contributed by atoms with E-state index in [1.165, 1.54) is 14.2 Å². The van der Waals surface area contributed by atoms with Crippen LogP contribution in [0, 0.1) is 6.92 Å². The molecule has 0 radical (unpaired) electrons. The molecule has 10 nitrogen and oxygen atoms in total. The minimum atomic E-state index is 0.316. The molecule has 5 rings (SSSR count). The third-order valence-electron chi connectivity index (χ3n) is 6.39. The number of methoxy groups -OCH3 is 2. The second-order valence-electron chi connectivity index (χ2n) is 9.02. The molecule has 0 aliphatic heterocycles. The van der Waals surface area contributed by atoms with Gasteiger partial charge in [0.25, 0.3) is 0 Å². The Kier molecular flexibility index (Phi) is 7.81. The first-order valence-corrected chi connectivity index (χ1v) is 13.1. The smallest absolute Gasteiger partial charge is 0.227 e. The fourth-order valence-corrected chi connectivity index (χ4v) is 5.06. The average molecular weight is 579 g/mol. The number of pyridine rings is 1. The summed E-state index contributed by atoms with van der Waals surface area (Å²) in [6.45, 7) is 2.49. The Hall–Kier alpha value is -4.28. The number of nitrogens with one attached hydrogen (secondary N) is 3. The summed E-state index contributed by atoms with van der Waals surface area (Å²) >= 11 is 13.5. The Morgan fingerprint density at radius 1 is 1.00 bits per heavy atom. The molecule has 3 heterocycles. The molecule has 0 saturated heterocycles. The topological polar surface area (TPSA) is 111 Å². The van der Waals surface area contributed by atoms with E-state index in [4.69, 9.17) is 42.6 Å². The lowest BCUT2D eigenvalue weighted by atomic mass is 10.1. The number of nitrogens with zero attached hydrogens (tertiary/aromatic N) is 5. The fraction of sp³-hybridized carbons (Fsp3) is 0.214. The van der Waals surface area contributed by atoms with Crippen molar-refractivity contribution in [3.05, 3.63) is 70.1 Å². The van der Waals surface area contributed by atoms with Gasteiger partial charge in [-0.1, -0.05) is 35.3 Å². The van der Waals surface area contributed by atoms with Gasteiger partial charge >= 0.3 is 0 Å². The van der Waals surface area contributed by atoms with Gasteiger partial charge in [-0.25, -0.2) is 15.0 Å². The third-order valence-corrected chi connectivity index (χ3v) is 7.14. The van der Waals surface area contributed by atoms with E-state index in [1.807, 2.05) is 51.5 Å². The lowest BCUT2D eigenvalue weighted by Crippen LogP contribution is -2.06. The quantitative estimate of drug-likeness (QED) is 0.181. The van der Waals surface area contributed by atoms with E-state index in [9.17, 15) is 0 Å². The van der Waals surface area contributed by atoms with Crippen molar-refractivity contribution >= 4 is 57.2 Å². The summed E-state index contributed by atoms with van der Waals surface area (Å²) in [5.41, 5.74) is 5.46. The van der Waals surface area contributed by atoms with Gasteiger partial charge in [-0.3, -0.25) is 4.68 Å². The van der Waals surface area contributed by atoms with Gasteiger partial charge < -0.3 is 25.4 Å². The molecule has 0 fully saturated rings. The van der Waals surface area contributed by atoms with Crippen molar-refractivity contribution in [2.45, 2.75) is 13.5 Å². The second-order valence-corrected chi connectivity index (χ2v) is 9.78. The minimum Gasteiger partial charge on any atom is -0.495 e. The van der Waals surface area contributed by atoms with Gasteiger partial charge in [-0.05, 0) is 24.6 Å². The van der Waals surface area contributed by atoms with E-state index in [1.54, 1.807) is 23.1 Å². The van der Waals surface area contributed by atoms with Gasteiger partial charge in [-0.15, -0.1) is 0 Å². The molecule has 12 heteroatoms. The van der Waals surface area contributed by atoms with Crippen LogP contribution in [-0.2, 0) is 13.6 Å². The Bertz CT molecular complexity index is 1680. The van der Waals surface area contributed by atoms with Crippen molar-refractivity contribution in [1.29, 1.82) is 0 Å². The SMILES string of the molecule is CNc1cccc(C)c1Nc1ncc2cc(-c3c(Cl)c(OC)cc(OC)c3Cl)nc(NCc3cnn(C)c3)c2n1. The highest BCUT2D eigenvalue weighted by molar-refractivity contribution is 6.41. The van der Waals surface area contributed by atoms with Crippen LogP contribution in [0.5, 0.6) is 11.5 Å². The number of ether oxygens (including phenoxy) is 2. The van der Waals surface area contributed by atoms with Crippen molar-refractivity contribution in [1.82, 2.24) is 24.7 Å². The van der Waals surface area contributed by atoms with Crippen LogP contribution in [0.15, 0.2) is 48.9 Å². The minimum absolute atomic E-state index is 0.316. The van der Waals surface area contributed by atoms with Gasteiger partial charge in [0.05, 0.1) is 47.5 Å². The molecule has 3 aromatic heterocycles. The predicted octanol–water partition coefficient (Wildman–Crippen LogP) is 6.46. The van der Waals surface area contributed by atoms with E-state index in [0.29, 0.717) is 56.6 Å². The number of halogens is 2. The first kappa shape index (κ1) is 27.3. The molecule has 0 amide bonds. The van der Waals surface area contributed by atoms with Crippen LogP contribution in [0.3, 0.4) is 0 Å². The molecule has 2 aromatic carbocycles. The first-order valence-electron chi connectivity index (χ1n) is 12.4. The van der Waals surface area contributed by atoms with Crippen LogP contribution in [0.25, 0.3) is 22.2 Å². The molecule has 0 atom stereocenters. The zero-order valence-electron chi connectivity index (χ0n) is 22.6. The van der Waals surface area contributed by atoms with Crippen molar-refractivity contribution in [2.75, 3.05) is 37.2 Å². The predicted molar refractivity (Wildman–Crippen MR) is 160 cm³/mol. The molecular formula is C28H28Cl2N8O2. The maximum Gasteiger partial charge on any atom is 0.227 e. The molecule has 3 N–H and O–H groups in total. The molecule has 0 spiro atoms. The van der Waals surface area contributed by atoms with Crippen LogP contribution >= 0.6 is 23.2 Å². The third kappa shape index (κ3) is 5.28. The summed E-state index contributed by atoms with van der Waals surface area (Å²) in [6.07, 6.45) is 5.46. The lowest BCUT2D eigenvalue weighted by molar-refractivity contribution is 0.395. The van der Waals surface area contributed by atoms with Crippen molar-refractivity contribution in [3.63, 3.8) is 0 Å². The van der Waals surface area contributed by atoms with E-state index >= 15 is 0 Å². The molecule has 206 valence electrons. The second kappa shape index (κ2) is 11.4. The summed E-state index contributed by atoms with van der Waals surface area (Å²) in [5.74, 6) is 1.78. The number of aryl methyl sites for hydroxylation is 2. The molecule has 5 aromatic rings. The average Bonchev–Trinajstić information content (AvgIpc) is 3.38. The highest BCUT2D eigenvalue weighted by Crippen LogP contribution is 2.46. The van der Waals surface area contributed by atoms with Gasteiger partial charge in [0.1, 0.15) is 17.0 Å². The summed E-state index contributed by atoms with van der Waals surface area (Å²) in [6, 6.07) is 9.48. The van der Waals surface area contributed by atoms with Crippen LogP contribution in [0.1, 0.15) is 11.1 Å². The number of fused-ring (bicyclic) bond motifs is 1. The number of benzene rings is 2. The van der Waals surface area contributed by atoms with E-state index in [0.717, 1.165) is 27.9 Å². The van der Waals surface area contributed by atoms with Crippen molar-refractivity contribution in [3.8, 4) is 22.8 Å². The van der Waals surface area contributed by atoms with Gasteiger partial charge in [0, 0.05) is 55.6 Å². The Morgan fingerprint density at radius 2 is 1.75 bits per heavy atom. The molecule has 0 bridgehead atoms. The van der Waals surface area contributed by atoms with Crippen LogP contribution < -0.4 is 25.4 Å². The monoisotopic (exact) mass is 578 g/mol. The number of hydrogen-bond donors (Lipinski definition) is 3. The standard InChI is InChI=1S/C28H28Cl2N8O2/c1-15-7-6-8-18(31-2)25(15)36-28-33-13-17-9-19(22-23(29)20(39-4)10-21(40-5)24(22)30)35-27(26(17)37-28)32-11-16-12-34-38(3)14-16/h6-10,12-14,31H,11H2,1-5H3,(H,32,35)(H,33,36,37). The Balaban J connectivity index is 1.65. The maximum atomic E-state index is 6.73. The zero-order chi connectivity index (χ0) is 28.4. The van der Waals surface area contributed by atoms with Crippen molar-refractivity contribution in [2.24, 2.45) is 7.05 Å². The highest BCUT2D eigenvalue weighted by Gasteiger charge is 2.22. The maximum absolute atomic E-state index is 6.73. The molecule has 40 heavy (non-hydrogen) atoms. The molecular weight excluding hydrogens is 551 g/mol. The van der Waals surface area contributed by atoms with Crippen LogP contribution in [0.4, 0.5) is 23.1 Å². The largest absolute Gasteiger partial charge is 0.495 e. The number of para-hydroxylation sites is 1. The van der Waals surface area contributed by atoms with Crippen LogP contribution in [0.2, 0.25) is 10.0 Å². The number of hydrogen-bond acceptors (Lipinski definition) is 9. The zero-order valence-corrected chi connectivity index (χ0v) is 24.1. The Morgan fingerprint density at radius 3 is 2.40 bits per heavy atom. The van der Waals surface area contributed by atoms with Gasteiger partial charge in [-0.2, -0.15) is 5.10 Å². The first-order chi connectivity index (χ1) is 19.3. The van der Waals surface area contributed by atoms with E-state index < -0.39 is 0 Å². The lowest BCUT2D eigenvalue weighted by Gasteiger charge is -2.17. The summed E-state index contributed by atoms with van der Waals surface area (Å²) in [4.78, 5) is 14.4. The number of anilines is 4. The van der Waals surface area contributed by atoms with Gasteiger partial charge in [0.15, 0.2) is 5.82 Å². The summed E-state index contributed by atoms with van der Waals surface area (Å²) < 4.78 is 12.7. The molecule has 0 unspecified atom stereocenters. The summed E-state index contributed by atoms with van der Waals surface area (Å²) in [5, 5.41) is 15.6. The van der Waals surface area contributed by atoms with Crippen LogP contribution in [-0.4, -0.2) is 46.0 Å². The van der Waals surface area contributed by atoms with E-state index in [2.05, 4.69) is 26.0 Å². The summed E-state index contributed by atoms with van der Waals surface area (Å²) in [7, 11) is 6.80. The number of rotatable bonds is 9. The van der Waals surface area contributed by atoms with Crippen molar-refractivity contribution < 1.29 is 9.47 Å². The fourth-order valence-electron chi connectivity index (χ4n) is 4.36. The molecule has 0 aliphatic carbocycles. The Labute approximate surface area is 241 Å². The number of aromatic nitrogens is 5. The molecule has 0 saturated carbocycles.